The average molecular weight is 232 g/mol. The third-order valence-corrected chi connectivity index (χ3v) is 3.91. The lowest BCUT2D eigenvalue weighted by atomic mass is 10.2. The van der Waals surface area contributed by atoms with Gasteiger partial charge in [-0.25, -0.2) is 4.98 Å². The Bertz CT molecular complexity index is 597. The number of H-pyrrole nitrogens is 1. The van der Waals surface area contributed by atoms with Gasteiger partial charge in [-0.1, -0.05) is 0 Å². The monoisotopic (exact) mass is 232 g/mol. The van der Waals surface area contributed by atoms with Crippen molar-refractivity contribution in [2.75, 3.05) is 0 Å². The molecule has 0 radical (unpaired) electrons. The first-order valence-corrected chi connectivity index (χ1v) is 6.35. The summed E-state index contributed by atoms with van der Waals surface area (Å²) in [6.45, 7) is 2.04. The summed E-state index contributed by atoms with van der Waals surface area (Å²) in [6, 6.07) is 0. The van der Waals surface area contributed by atoms with Crippen molar-refractivity contribution >= 4 is 11.3 Å². The standard InChI is InChI=1S/C12H12N2OS/c1-7-5-16-6-9(7)11-13-10-4-2-3-8(10)12(15)14-11/h5-6H,2-4H2,1H3,(H,13,14,15). The van der Waals surface area contributed by atoms with Crippen LogP contribution < -0.4 is 5.56 Å². The van der Waals surface area contributed by atoms with Crippen molar-refractivity contribution in [1.82, 2.24) is 9.97 Å². The molecular weight excluding hydrogens is 220 g/mol. The Morgan fingerprint density at radius 1 is 1.38 bits per heavy atom. The second-order valence-corrected chi connectivity index (χ2v) is 4.91. The zero-order valence-corrected chi connectivity index (χ0v) is 9.86. The molecule has 3 nitrogen and oxygen atoms in total. The highest BCUT2D eigenvalue weighted by molar-refractivity contribution is 7.08. The van der Waals surface area contributed by atoms with Gasteiger partial charge in [-0.05, 0) is 37.1 Å². The lowest BCUT2D eigenvalue weighted by molar-refractivity contribution is 0.899. The molecule has 3 rings (SSSR count). The molecule has 0 spiro atoms. The van der Waals surface area contributed by atoms with Crippen molar-refractivity contribution in [3.05, 3.63) is 37.9 Å². The molecule has 0 atom stereocenters. The lowest BCUT2D eigenvalue weighted by Crippen LogP contribution is -2.15. The first-order chi connectivity index (χ1) is 7.75. The van der Waals surface area contributed by atoms with E-state index in [-0.39, 0.29) is 5.56 Å². The predicted molar refractivity (Wildman–Crippen MR) is 64.9 cm³/mol. The molecule has 0 aromatic carbocycles. The van der Waals surface area contributed by atoms with E-state index in [4.69, 9.17) is 0 Å². The molecule has 2 aromatic heterocycles. The van der Waals surface area contributed by atoms with E-state index < -0.39 is 0 Å². The van der Waals surface area contributed by atoms with E-state index in [0.29, 0.717) is 0 Å². The highest BCUT2D eigenvalue weighted by Crippen LogP contribution is 2.25. The van der Waals surface area contributed by atoms with Crippen LogP contribution >= 0.6 is 11.3 Å². The molecular formula is C12H12N2OS. The van der Waals surface area contributed by atoms with Gasteiger partial charge in [0, 0.05) is 16.5 Å². The maximum Gasteiger partial charge on any atom is 0.254 e. The highest BCUT2D eigenvalue weighted by Gasteiger charge is 2.18. The number of aromatic nitrogens is 2. The van der Waals surface area contributed by atoms with E-state index in [1.807, 2.05) is 12.3 Å². The van der Waals surface area contributed by atoms with Crippen LogP contribution in [0.1, 0.15) is 23.2 Å². The molecule has 0 bridgehead atoms. The summed E-state index contributed by atoms with van der Waals surface area (Å²) in [7, 11) is 0. The number of rotatable bonds is 1. The minimum atomic E-state index is 0.0445. The van der Waals surface area contributed by atoms with Crippen molar-refractivity contribution in [2.24, 2.45) is 0 Å². The van der Waals surface area contributed by atoms with E-state index in [0.717, 1.165) is 41.9 Å². The zero-order valence-electron chi connectivity index (χ0n) is 9.04. The van der Waals surface area contributed by atoms with E-state index in [9.17, 15) is 4.79 Å². The Morgan fingerprint density at radius 2 is 2.25 bits per heavy atom. The fraction of sp³-hybridized carbons (Fsp3) is 0.333. The summed E-state index contributed by atoms with van der Waals surface area (Å²) in [4.78, 5) is 19.3. The molecule has 0 fully saturated rings. The van der Waals surface area contributed by atoms with Gasteiger partial charge in [0.05, 0.1) is 5.69 Å². The van der Waals surface area contributed by atoms with Gasteiger partial charge < -0.3 is 4.98 Å². The number of aryl methyl sites for hydroxylation is 2. The Balaban J connectivity index is 2.21. The molecule has 2 heterocycles. The molecule has 16 heavy (non-hydrogen) atoms. The fourth-order valence-corrected chi connectivity index (χ4v) is 3.01. The Morgan fingerprint density at radius 3 is 3.00 bits per heavy atom. The summed E-state index contributed by atoms with van der Waals surface area (Å²) in [5, 5.41) is 4.11. The smallest absolute Gasteiger partial charge is 0.254 e. The molecule has 0 aliphatic heterocycles. The van der Waals surface area contributed by atoms with E-state index in [1.54, 1.807) is 11.3 Å². The number of hydrogen-bond acceptors (Lipinski definition) is 3. The normalized spacial score (nSPS) is 14.1. The van der Waals surface area contributed by atoms with Crippen molar-refractivity contribution < 1.29 is 0 Å². The van der Waals surface area contributed by atoms with Gasteiger partial charge in [-0.15, -0.1) is 0 Å². The molecule has 82 valence electrons. The Hall–Kier alpha value is -1.42. The van der Waals surface area contributed by atoms with Crippen LogP contribution in [0.3, 0.4) is 0 Å². The summed E-state index contributed by atoms with van der Waals surface area (Å²) in [6.07, 6.45) is 2.87. The van der Waals surface area contributed by atoms with E-state index >= 15 is 0 Å². The van der Waals surface area contributed by atoms with Crippen LogP contribution in [0.4, 0.5) is 0 Å². The maximum absolute atomic E-state index is 11.8. The highest BCUT2D eigenvalue weighted by atomic mass is 32.1. The van der Waals surface area contributed by atoms with Crippen molar-refractivity contribution in [2.45, 2.75) is 26.2 Å². The van der Waals surface area contributed by atoms with Gasteiger partial charge in [-0.2, -0.15) is 11.3 Å². The number of nitrogens with zero attached hydrogens (tertiary/aromatic N) is 1. The third-order valence-electron chi connectivity index (χ3n) is 3.05. The Labute approximate surface area is 97.2 Å². The Kier molecular flexibility index (Phi) is 2.17. The van der Waals surface area contributed by atoms with Gasteiger partial charge in [0.1, 0.15) is 5.82 Å². The maximum atomic E-state index is 11.8. The summed E-state index contributed by atoms with van der Waals surface area (Å²) in [5.74, 6) is 0.726. The zero-order chi connectivity index (χ0) is 11.1. The number of hydrogen-bond donors (Lipinski definition) is 1. The van der Waals surface area contributed by atoms with Crippen LogP contribution in [0, 0.1) is 6.92 Å². The molecule has 0 saturated carbocycles. The minimum Gasteiger partial charge on any atom is -0.306 e. The molecule has 0 saturated heterocycles. The van der Waals surface area contributed by atoms with E-state index in [1.165, 1.54) is 5.56 Å². The molecule has 4 heteroatoms. The van der Waals surface area contributed by atoms with Gasteiger partial charge in [0.25, 0.3) is 5.56 Å². The third kappa shape index (κ3) is 1.41. The molecule has 0 unspecified atom stereocenters. The molecule has 2 aromatic rings. The van der Waals surface area contributed by atoms with Crippen molar-refractivity contribution in [3.63, 3.8) is 0 Å². The predicted octanol–water partition coefficient (Wildman–Crippen LogP) is 2.30. The van der Waals surface area contributed by atoms with E-state index in [2.05, 4.69) is 15.3 Å². The average Bonchev–Trinajstić information content (AvgIpc) is 2.85. The van der Waals surface area contributed by atoms with Gasteiger partial charge in [0.15, 0.2) is 0 Å². The quantitative estimate of drug-likeness (QED) is 0.820. The molecule has 1 aliphatic carbocycles. The SMILES string of the molecule is Cc1cscc1-c1nc2c(c(=O)[nH]1)CCC2. The minimum absolute atomic E-state index is 0.0445. The summed E-state index contributed by atoms with van der Waals surface area (Å²) in [5.41, 5.74) is 4.15. The van der Waals surface area contributed by atoms with Crippen LogP contribution in [0.5, 0.6) is 0 Å². The number of fused-ring (bicyclic) bond motifs is 1. The van der Waals surface area contributed by atoms with Crippen LogP contribution in [0.2, 0.25) is 0 Å². The number of thiophene rings is 1. The van der Waals surface area contributed by atoms with Crippen LogP contribution in [0.25, 0.3) is 11.4 Å². The molecule has 0 amide bonds. The number of nitrogens with one attached hydrogen (secondary N) is 1. The number of aromatic amines is 1. The second kappa shape index (κ2) is 3.56. The first kappa shape index (κ1) is 9.78. The van der Waals surface area contributed by atoms with Crippen LogP contribution in [0.15, 0.2) is 15.6 Å². The van der Waals surface area contributed by atoms with Crippen molar-refractivity contribution in [1.29, 1.82) is 0 Å². The first-order valence-electron chi connectivity index (χ1n) is 5.41. The second-order valence-electron chi connectivity index (χ2n) is 4.16. The lowest BCUT2D eigenvalue weighted by Gasteiger charge is -2.03. The van der Waals surface area contributed by atoms with Crippen LogP contribution in [-0.4, -0.2) is 9.97 Å². The molecule has 1 N–H and O–H groups in total. The topological polar surface area (TPSA) is 45.8 Å². The van der Waals surface area contributed by atoms with Gasteiger partial charge >= 0.3 is 0 Å². The van der Waals surface area contributed by atoms with Gasteiger partial charge in [-0.3, -0.25) is 4.79 Å². The van der Waals surface area contributed by atoms with Crippen LogP contribution in [-0.2, 0) is 12.8 Å². The largest absolute Gasteiger partial charge is 0.306 e. The van der Waals surface area contributed by atoms with Gasteiger partial charge in [0.2, 0.25) is 0 Å². The molecule has 1 aliphatic rings. The summed E-state index contributed by atoms with van der Waals surface area (Å²) < 4.78 is 0. The fourth-order valence-electron chi connectivity index (χ4n) is 2.17. The van der Waals surface area contributed by atoms with Crippen molar-refractivity contribution in [3.8, 4) is 11.4 Å². The summed E-state index contributed by atoms with van der Waals surface area (Å²) >= 11 is 1.64.